The molecule has 2 rings (SSSR count). The lowest BCUT2D eigenvalue weighted by Crippen LogP contribution is -2.21. The fraction of sp³-hybridized carbons (Fsp3) is 0.400. The summed E-state index contributed by atoms with van der Waals surface area (Å²) in [6, 6.07) is 8.47. The first kappa shape index (κ1) is 14.0. The van der Waals surface area contributed by atoms with Crippen molar-refractivity contribution in [1.29, 1.82) is 0 Å². The van der Waals surface area contributed by atoms with E-state index >= 15 is 0 Å². The Labute approximate surface area is 118 Å². The molecule has 3 nitrogen and oxygen atoms in total. The van der Waals surface area contributed by atoms with E-state index in [1.807, 2.05) is 24.6 Å². The van der Waals surface area contributed by atoms with E-state index in [-0.39, 0.29) is 6.04 Å². The number of nitrogens with zero attached hydrogens (tertiary/aromatic N) is 1. The van der Waals surface area contributed by atoms with Crippen molar-refractivity contribution in [2.24, 2.45) is 0 Å². The summed E-state index contributed by atoms with van der Waals surface area (Å²) in [7, 11) is 0. The SMILES string of the molecule is CCNC(c1cccc(OCC)c1)c1scnc1C. The predicted octanol–water partition coefficient (Wildman–Crippen LogP) is 3.55. The van der Waals surface area contributed by atoms with Gasteiger partial charge in [-0.2, -0.15) is 0 Å². The molecule has 0 spiro atoms. The third-order valence-corrected chi connectivity index (χ3v) is 3.95. The summed E-state index contributed by atoms with van der Waals surface area (Å²) in [5, 5.41) is 3.53. The van der Waals surface area contributed by atoms with Gasteiger partial charge in [0.25, 0.3) is 0 Å². The highest BCUT2D eigenvalue weighted by atomic mass is 32.1. The molecule has 0 fully saturated rings. The van der Waals surface area contributed by atoms with Gasteiger partial charge in [-0.05, 0) is 38.1 Å². The summed E-state index contributed by atoms with van der Waals surface area (Å²) < 4.78 is 5.58. The van der Waals surface area contributed by atoms with E-state index in [0.717, 1.165) is 18.0 Å². The maximum absolute atomic E-state index is 5.58. The van der Waals surface area contributed by atoms with Gasteiger partial charge in [-0.1, -0.05) is 19.1 Å². The van der Waals surface area contributed by atoms with Crippen molar-refractivity contribution in [1.82, 2.24) is 10.3 Å². The molecule has 1 heterocycles. The second-order valence-corrected chi connectivity index (χ2v) is 5.18. The summed E-state index contributed by atoms with van der Waals surface area (Å²) in [6.45, 7) is 7.79. The standard InChI is InChI=1S/C15H20N2OS/c1-4-16-14(15-11(3)17-10-19-15)12-7-6-8-13(9-12)18-5-2/h6-10,14,16H,4-5H2,1-3H3. The minimum Gasteiger partial charge on any atom is -0.494 e. The molecule has 0 amide bonds. The van der Waals surface area contributed by atoms with Crippen LogP contribution in [0.4, 0.5) is 0 Å². The van der Waals surface area contributed by atoms with Crippen LogP contribution in [0.15, 0.2) is 29.8 Å². The number of hydrogen-bond donors (Lipinski definition) is 1. The number of thiazole rings is 1. The molecule has 0 saturated heterocycles. The van der Waals surface area contributed by atoms with Crippen molar-refractivity contribution in [3.05, 3.63) is 45.9 Å². The van der Waals surface area contributed by atoms with Crippen LogP contribution in [0.3, 0.4) is 0 Å². The summed E-state index contributed by atoms with van der Waals surface area (Å²) in [4.78, 5) is 5.62. The molecule has 0 radical (unpaired) electrons. The number of benzene rings is 1. The van der Waals surface area contributed by atoms with Crippen LogP contribution in [-0.4, -0.2) is 18.1 Å². The third-order valence-electron chi connectivity index (χ3n) is 2.96. The van der Waals surface area contributed by atoms with Gasteiger partial charge in [0.1, 0.15) is 5.75 Å². The lowest BCUT2D eigenvalue weighted by molar-refractivity contribution is 0.339. The van der Waals surface area contributed by atoms with Crippen LogP contribution in [0.2, 0.25) is 0 Å². The second-order valence-electron chi connectivity index (χ2n) is 4.30. The molecular weight excluding hydrogens is 256 g/mol. The van der Waals surface area contributed by atoms with Crippen LogP contribution >= 0.6 is 11.3 Å². The highest BCUT2D eigenvalue weighted by Crippen LogP contribution is 2.29. The Bertz CT molecular complexity index is 524. The van der Waals surface area contributed by atoms with Gasteiger partial charge in [0.2, 0.25) is 0 Å². The fourth-order valence-corrected chi connectivity index (χ4v) is 3.01. The molecule has 1 aromatic carbocycles. The molecule has 19 heavy (non-hydrogen) atoms. The summed E-state index contributed by atoms with van der Waals surface area (Å²) in [5.74, 6) is 0.921. The van der Waals surface area contributed by atoms with Crippen LogP contribution in [0.25, 0.3) is 0 Å². The van der Waals surface area contributed by atoms with E-state index in [9.17, 15) is 0 Å². The molecule has 2 aromatic rings. The maximum atomic E-state index is 5.58. The Kier molecular flexibility index (Phi) is 4.93. The highest BCUT2D eigenvalue weighted by Gasteiger charge is 2.17. The second kappa shape index (κ2) is 6.68. The summed E-state index contributed by atoms with van der Waals surface area (Å²) in [6.07, 6.45) is 0. The first-order valence-electron chi connectivity index (χ1n) is 6.62. The van der Waals surface area contributed by atoms with Crippen LogP contribution in [0.1, 0.15) is 36.0 Å². The third kappa shape index (κ3) is 3.33. The summed E-state index contributed by atoms with van der Waals surface area (Å²) >= 11 is 1.70. The van der Waals surface area contributed by atoms with E-state index in [2.05, 4.69) is 36.3 Å². The van der Waals surface area contributed by atoms with E-state index in [1.54, 1.807) is 11.3 Å². The van der Waals surface area contributed by atoms with Gasteiger partial charge in [0.15, 0.2) is 0 Å². The van der Waals surface area contributed by atoms with Gasteiger partial charge in [0.05, 0.1) is 23.9 Å². The Balaban J connectivity index is 2.33. The van der Waals surface area contributed by atoms with Crippen LogP contribution in [0, 0.1) is 6.92 Å². The highest BCUT2D eigenvalue weighted by molar-refractivity contribution is 7.09. The lowest BCUT2D eigenvalue weighted by atomic mass is 10.0. The first-order chi connectivity index (χ1) is 9.26. The van der Waals surface area contributed by atoms with E-state index in [0.29, 0.717) is 6.61 Å². The van der Waals surface area contributed by atoms with Crippen LogP contribution in [0.5, 0.6) is 5.75 Å². The molecule has 0 aliphatic carbocycles. The largest absolute Gasteiger partial charge is 0.494 e. The van der Waals surface area contributed by atoms with Gasteiger partial charge in [-0.25, -0.2) is 4.98 Å². The first-order valence-corrected chi connectivity index (χ1v) is 7.50. The number of aromatic nitrogens is 1. The Morgan fingerprint density at radius 1 is 1.37 bits per heavy atom. The zero-order chi connectivity index (χ0) is 13.7. The maximum Gasteiger partial charge on any atom is 0.119 e. The van der Waals surface area contributed by atoms with Crippen molar-refractivity contribution in [3.63, 3.8) is 0 Å². The average molecular weight is 276 g/mol. The minimum absolute atomic E-state index is 0.193. The molecule has 1 N–H and O–H groups in total. The van der Waals surface area contributed by atoms with Crippen molar-refractivity contribution in [3.8, 4) is 5.75 Å². The molecule has 1 atom stereocenters. The molecular formula is C15H20N2OS. The van der Waals surface area contributed by atoms with E-state index in [1.165, 1.54) is 10.4 Å². The van der Waals surface area contributed by atoms with Gasteiger partial charge >= 0.3 is 0 Å². The van der Waals surface area contributed by atoms with Crippen molar-refractivity contribution < 1.29 is 4.74 Å². The van der Waals surface area contributed by atoms with Crippen molar-refractivity contribution in [2.45, 2.75) is 26.8 Å². The number of nitrogens with one attached hydrogen (secondary N) is 1. The monoisotopic (exact) mass is 276 g/mol. The number of ether oxygens (including phenoxy) is 1. The number of hydrogen-bond acceptors (Lipinski definition) is 4. The van der Waals surface area contributed by atoms with Gasteiger partial charge in [-0.15, -0.1) is 11.3 Å². The zero-order valence-corrected chi connectivity index (χ0v) is 12.5. The minimum atomic E-state index is 0.193. The molecule has 0 saturated carbocycles. The quantitative estimate of drug-likeness (QED) is 0.876. The molecule has 0 aliphatic rings. The van der Waals surface area contributed by atoms with Gasteiger partial charge in [-0.3, -0.25) is 0 Å². The molecule has 102 valence electrons. The molecule has 1 aromatic heterocycles. The lowest BCUT2D eigenvalue weighted by Gasteiger charge is -2.18. The molecule has 0 aliphatic heterocycles. The van der Waals surface area contributed by atoms with E-state index < -0.39 is 0 Å². The molecule has 4 heteroatoms. The topological polar surface area (TPSA) is 34.1 Å². The average Bonchev–Trinajstić information content (AvgIpc) is 2.83. The van der Waals surface area contributed by atoms with Gasteiger partial charge < -0.3 is 10.1 Å². The Morgan fingerprint density at radius 3 is 2.84 bits per heavy atom. The Hall–Kier alpha value is -1.39. The smallest absolute Gasteiger partial charge is 0.119 e. The van der Waals surface area contributed by atoms with Crippen LogP contribution in [-0.2, 0) is 0 Å². The Morgan fingerprint density at radius 2 is 2.21 bits per heavy atom. The zero-order valence-electron chi connectivity index (χ0n) is 11.6. The fourth-order valence-electron chi connectivity index (χ4n) is 2.10. The van der Waals surface area contributed by atoms with Gasteiger partial charge in [0, 0.05) is 4.88 Å². The molecule has 0 bridgehead atoms. The van der Waals surface area contributed by atoms with Crippen LogP contribution < -0.4 is 10.1 Å². The van der Waals surface area contributed by atoms with E-state index in [4.69, 9.17) is 4.74 Å². The number of aryl methyl sites for hydroxylation is 1. The molecule has 1 unspecified atom stereocenters. The predicted molar refractivity (Wildman–Crippen MR) is 80.0 cm³/mol. The number of rotatable bonds is 6. The summed E-state index contributed by atoms with van der Waals surface area (Å²) in [5.41, 5.74) is 4.22. The normalized spacial score (nSPS) is 12.4. The van der Waals surface area contributed by atoms with Crippen molar-refractivity contribution in [2.75, 3.05) is 13.2 Å². The van der Waals surface area contributed by atoms with Crippen molar-refractivity contribution >= 4 is 11.3 Å².